The second kappa shape index (κ2) is 5.54. The van der Waals surface area contributed by atoms with Crippen LogP contribution in [-0.4, -0.2) is 14.1 Å². The van der Waals surface area contributed by atoms with Gasteiger partial charge in [-0.2, -0.15) is 18.4 Å². The van der Waals surface area contributed by atoms with Crippen LogP contribution in [0.25, 0.3) is 0 Å². The van der Waals surface area contributed by atoms with Crippen LogP contribution in [0, 0.1) is 6.92 Å². The Bertz CT molecular complexity index is 688. The zero-order valence-corrected chi connectivity index (χ0v) is 12.3. The minimum Gasteiger partial charge on any atom is -0.200 e. The molecule has 1 aromatic heterocycles. The second-order valence-corrected chi connectivity index (χ2v) is 6.96. The fourth-order valence-electron chi connectivity index (χ4n) is 1.46. The molecule has 1 heterocycles. The highest BCUT2D eigenvalue weighted by atomic mass is 32.2. The minimum absolute atomic E-state index is 0.203. The molecule has 6 heteroatoms. The third-order valence-corrected chi connectivity index (χ3v) is 4.82. The van der Waals surface area contributed by atoms with E-state index in [1.165, 1.54) is 12.1 Å². The van der Waals surface area contributed by atoms with E-state index in [1.54, 1.807) is 36.5 Å². The van der Waals surface area contributed by atoms with Crippen LogP contribution in [-0.2, 0) is 10.0 Å². The molecule has 0 bridgehead atoms. The Kier molecular flexibility index (Phi) is 4.01. The van der Waals surface area contributed by atoms with Gasteiger partial charge in [-0.3, -0.25) is 0 Å². The van der Waals surface area contributed by atoms with Crippen molar-refractivity contribution in [3.63, 3.8) is 0 Å². The van der Waals surface area contributed by atoms with Gasteiger partial charge in [0.25, 0.3) is 10.0 Å². The molecule has 0 unspecified atom stereocenters. The molecular formula is C13H14N2O2S2. The normalized spacial score (nSPS) is 12.4. The van der Waals surface area contributed by atoms with Gasteiger partial charge in [0.1, 0.15) is 0 Å². The van der Waals surface area contributed by atoms with Gasteiger partial charge in [-0.15, -0.1) is 11.3 Å². The van der Waals surface area contributed by atoms with E-state index in [1.807, 2.05) is 19.1 Å². The summed E-state index contributed by atoms with van der Waals surface area (Å²) in [6.07, 6.45) is 0. The molecule has 0 saturated heterocycles. The number of hydrazone groups is 1. The van der Waals surface area contributed by atoms with E-state index in [9.17, 15) is 8.42 Å². The Balaban J connectivity index is 2.18. The first kappa shape index (κ1) is 13.8. The molecule has 0 fully saturated rings. The van der Waals surface area contributed by atoms with Crippen LogP contribution in [0.1, 0.15) is 16.7 Å². The molecule has 0 spiro atoms. The van der Waals surface area contributed by atoms with Crippen molar-refractivity contribution in [2.45, 2.75) is 18.7 Å². The molecule has 19 heavy (non-hydrogen) atoms. The Hall–Kier alpha value is -1.66. The van der Waals surface area contributed by atoms with Crippen molar-refractivity contribution >= 4 is 27.1 Å². The van der Waals surface area contributed by atoms with Crippen molar-refractivity contribution in [2.75, 3.05) is 0 Å². The summed E-state index contributed by atoms with van der Waals surface area (Å²) < 4.78 is 23.9. The van der Waals surface area contributed by atoms with E-state index in [4.69, 9.17) is 0 Å². The number of thiophene rings is 1. The van der Waals surface area contributed by atoms with Crippen molar-refractivity contribution in [1.29, 1.82) is 0 Å². The van der Waals surface area contributed by atoms with E-state index in [0.717, 1.165) is 9.75 Å². The SMILES string of the molecule is C/C(=N\NS(=O)(=O)c1ccccc1)c1ccc(C)s1. The van der Waals surface area contributed by atoms with Gasteiger partial charge in [0.05, 0.1) is 15.5 Å². The predicted molar refractivity (Wildman–Crippen MR) is 78.0 cm³/mol. The fraction of sp³-hybridized carbons (Fsp3) is 0.154. The number of rotatable bonds is 4. The van der Waals surface area contributed by atoms with Gasteiger partial charge in [0, 0.05) is 4.88 Å². The van der Waals surface area contributed by atoms with Gasteiger partial charge in [-0.05, 0) is 38.1 Å². The maximum Gasteiger partial charge on any atom is 0.276 e. The Morgan fingerprint density at radius 2 is 1.84 bits per heavy atom. The molecule has 0 aliphatic rings. The number of hydrogen-bond acceptors (Lipinski definition) is 4. The van der Waals surface area contributed by atoms with Crippen molar-refractivity contribution in [3.05, 3.63) is 52.2 Å². The summed E-state index contributed by atoms with van der Waals surface area (Å²) in [4.78, 5) is 4.57. The van der Waals surface area contributed by atoms with Crippen LogP contribution in [0.4, 0.5) is 0 Å². The topological polar surface area (TPSA) is 58.5 Å². The van der Waals surface area contributed by atoms with Gasteiger partial charge in [-0.25, -0.2) is 0 Å². The standard InChI is InChI=1S/C13H14N2O2S2/c1-10-8-9-13(18-10)11(2)14-15-19(16,17)12-6-4-3-5-7-12/h3-9,15H,1-2H3/b14-11+. The Labute approximate surface area is 116 Å². The number of nitrogens with one attached hydrogen (secondary N) is 1. The zero-order valence-electron chi connectivity index (χ0n) is 10.6. The molecule has 0 aliphatic carbocycles. The van der Waals surface area contributed by atoms with Crippen LogP contribution in [0.5, 0.6) is 0 Å². The Morgan fingerprint density at radius 1 is 1.16 bits per heavy atom. The smallest absolute Gasteiger partial charge is 0.200 e. The first-order chi connectivity index (χ1) is 8.99. The van der Waals surface area contributed by atoms with Gasteiger partial charge in [0.15, 0.2) is 0 Å². The summed E-state index contributed by atoms with van der Waals surface area (Å²) in [5.74, 6) is 0. The molecule has 1 aromatic carbocycles. The van der Waals surface area contributed by atoms with Crippen molar-refractivity contribution < 1.29 is 8.42 Å². The monoisotopic (exact) mass is 294 g/mol. The van der Waals surface area contributed by atoms with Crippen LogP contribution >= 0.6 is 11.3 Å². The molecule has 0 saturated carbocycles. The molecule has 100 valence electrons. The average molecular weight is 294 g/mol. The first-order valence-electron chi connectivity index (χ1n) is 5.67. The fourth-order valence-corrected chi connectivity index (χ4v) is 3.16. The van der Waals surface area contributed by atoms with E-state index in [-0.39, 0.29) is 4.90 Å². The number of sulfonamides is 1. The summed E-state index contributed by atoms with van der Waals surface area (Å²) in [6.45, 7) is 3.77. The molecular weight excluding hydrogens is 280 g/mol. The first-order valence-corrected chi connectivity index (χ1v) is 7.97. The lowest BCUT2D eigenvalue weighted by atomic mass is 10.3. The van der Waals surface area contributed by atoms with Crippen molar-refractivity contribution in [1.82, 2.24) is 4.83 Å². The van der Waals surface area contributed by atoms with E-state index in [2.05, 4.69) is 9.93 Å². The van der Waals surface area contributed by atoms with E-state index < -0.39 is 10.0 Å². The molecule has 0 amide bonds. The second-order valence-electron chi connectivity index (χ2n) is 4.02. The quantitative estimate of drug-likeness (QED) is 0.696. The maximum atomic E-state index is 12.0. The number of benzene rings is 1. The summed E-state index contributed by atoms with van der Waals surface area (Å²) in [6, 6.07) is 12.1. The van der Waals surface area contributed by atoms with Crippen molar-refractivity contribution in [2.24, 2.45) is 5.10 Å². The highest BCUT2D eigenvalue weighted by Crippen LogP contribution is 2.16. The lowest BCUT2D eigenvalue weighted by Crippen LogP contribution is -2.19. The van der Waals surface area contributed by atoms with Gasteiger partial charge in [-0.1, -0.05) is 18.2 Å². The zero-order chi connectivity index (χ0) is 13.9. The van der Waals surface area contributed by atoms with E-state index >= 15 is 0 Å². The van der Waals surface area contributed by atoms with Crippen LogP contribution in [0.15, 0.2) is 52.5 Å². The molecule has 0 atom stereocenters. The molecule has 4 nitrogen and oxygen atoms in total. The van der Waals surface area contributed by atoms with E-state index in [0.29, 0.717) is 5.71 Å². The van der Waals surface area contributed by atoms with Crippen LogP contribution in [0.2, 0.25) is 0 Å². The molecule has 2 rings (SSSR count). The predicted octanol–water partition coefficient (Wildman–Crippen LogP) is 2.76. The Morgan fingerprint density at radius 3 is 2.42 bits per heavy atom. The molecule has 0 radical (unpaired) electrons. The third-order valence-electron chi connectivity index (χ3n) is 2.48. The number of hydrogen-bond donors (Lipinski definition) is 1. The third kappa shape index (κ3) is 3.42. The molecule has 0 aliphatic heterocycles. The molecule has 1 N–H and O–H groups in total. The maximum absolute atomic E-state index is 12.0. The van der Waals surface area contributed by atoms with Gasteiger partial charge in [0.2, 0.25) is 0 Å². The van der Waals surface area contributed by atoms with Crippen LogP contribution < -0.4 is 4.83 Å². The number of aryl methyl sites for hydroxylation is 1. The van der Waals surface area contributed by atoms with Gasteiger partial charge < -0.3 is 0 Å². The van der Waals surface area contributed by atoms with Crippen molar-refractivity contribution in [3.8, 4) is 0 Å². The lowest BCUT2D eigenvalue weighted by molar-refractivity contribution is 0.584. The summed E-state index contributed by atoms with van der Waals surface area (Å²) in [5, 5.41) is 3.94. The van der Waals surface area contributed by atoms with Gasteiger partial charge >= 0.3 is 0 Å². The van der Waals surface area contributed by atoms with Crippen LogP contribution in [0.3, 0.4) is 0 Å². The average Bonchev–Trinajstić information content (AvgIpc) is 2.84. The minimum atomic E-state index is -3.59. The summed E-state index contributed by atoms with van der Waals surface area (Å²) >= 11 is 1.58. The summed E-state index contributed by atoms with van der Waals surface area (Å²) in [5.41, 5.74) is 0.651. The highest BCUT2D eigenvalue weighted by molar-refractivity contribution is 7.89. The lowest BCUT2D eigenvalue weighted by Gasteiger charge is -2.03. The largest absolute Gasteiger partial charge is 0.276 e. The number of nitrogens with zero attached hydrogens (tertiary/aromatic N) is 1. The molecule has 2 aromatic rings. The highest BCUT2D eigenvalue weighted by Gasteiger charge is 2.12. The summed E-state index contributed by atoms with van der Waals surface area (Å²) in [7, 11) is -3.59.